The predicted molar refractivity (Wildman–Crippen MR) is 77.1 cm³/mol. The van der Waals surface area contributed by atoms with Crippen LogP contribution in [0.1, 0.15) is 36.4 Å². The largest absolute Gasteiger partial charge is 0.375 e. The minimum atomic E-state index is 0.343. The van der Waals surface area contributed by atoms with Gasteiger partial charge in [0.15, 0.2) is 0 Å². The lowest BCUT2D eigenvalue weighted by Crippen LogP contribution is -2.51. The third kappa shape index (κ3) is 2.55. The molecule has 104 valence electrons. The van der Waals surface area contributed by atoms with Crippen LogP contribution in [0.3, 0.4) is 0 Å². The fourth-order valence-corrected chi connectivity index (χ4v) is 3.59. The molecule has 1 aromatic rings. The second-order valence-corrected chi connectivity index (χ2v) is 5.81. The maximum atomic E-state index is 6.07. The Balaban J connectivity index is 1.82. The third-order valence-corrected chi connectivity index (χ3v) is 4.61. The van der Waals surface area contributed by atoms with E-state index in [1.165, 1.54) is 30.4 Å². The standard InChI is InChI=1S/C16H24N2O/c1-12-5-7-13(8-6-12)15(11-17)18-9-10-19-16-4-2-3-14(16)18/h5-8,14-16H,2-4,9-11,17H2,1H3. The highest BCUT2D eigenvalue weighted by molar-refractivity contribution is 5.25. The van der Waals surface area contributed by atoms with Crippen molar-refractivity contribution in [1.29, 1.82) is 0 Å². The number of hydrogen-bond acceptors (Lipinski definition) is 3. The van der Waals surface area contributed by atoms with E-state index in [2.05, 4.69) is 36.1 Å². The van der Waals surface area contributed by atoms with Gasteiger partial charge < -0.3 is 10.5 Å². The summed E-state index contributed by atoms with van der Waals surface area (Å²) in [5.74, 6) is 0. The second-order valence-electron chi connectivity index (χ2n) is 5.81. The van der Waals surface area contributed by atoms with Crippen molar-refractivity contribution >= 4 is 0 Å². The minimum Gasteiger partial charge on any atom is -0.375 e. The van der Waals surface area contributed by atoms with Gasteiger partial charge in [-0.3, -0.25) is 4.90 Å². The molecular weight excluding hydrogens is 236 g/mol. The molecule has 1 aliphatic carbocycles. The lowest BCUT2D eigenvalue weighted by molar-refractivity contribution is -0.0711. The minimum absolute atomic E-state index is 0.343. The first-order valence-electron chi connectivity index (χ1n) is 7.43. The molecule has 2 aliphatic rings. The van der Waals surface area contributed by atoms with Crippen molar-refractivity contribution in [3.05, 3.63) is 35.4 Å². The van der Waals surface area contributed by atoms with Crippen LogP contribution in [0.5, 0.6) is 0 Å². The van der Waals surface area contributed by atoms with Gasteiger partial charge in [0.25, 0.3) is 0 Å². The van der Waals surface area contributed by atoms with Gasteiger partial charge in [-0.1, -0.05) is 29.8 Å². The van der Waals surface area contributed by atoms with E-state index < -0.39 is 0 Å². The normalized spacial score (nSPS) is 29.2. The van der Waals surface area contributed by atoms with Gasteiger partial charge >= 0.3 is 0 Å². The Morgan fingerprint density at radius 3 is 2.84 bits per heavy atom. The number of benzene rings is 1. The molecule has 3 nitrogen and oxygen atoms in total. The molecule has 0 radical (unpaired) electrons. The van der Waals surface area contributed by atoms with Gasteiger partial charge in [-0.25, -0.2) is 0 Å². The van der Waals surface area contributed by atoms with Crippen LogP contribution in [-0.2, 0) is 4.74 Å². The predicted octanol–water partition coefficient (Wildman–Crippen LogP) is 2.25. The second kappa shape index (κ2) is 5.61. The lowest BCUT2D eigenvalue weighted by atomic mass is 10.00. The molecular formula is C16H24N2O. The average Bonchev–Trinajstić information content (AvgIpc) is 2.91. The zero-order valence-electron chi connectivity index (χ0n) is 11.7. The molecule has 2 N–H and O–H groups in total. The van der Waals surface area contributed by atoms with E-state index in [1.54, 1.807) is 0 Å². The van der Waals surface area contributed by atoms with Crippen LogP contribution in [0.15, 0.2) is 24.3 Å². The van der Waals surface area contributed by atoms with Crippen molar-refractivity contribution in [2.24, 2.45) is 5.73 Å². The molecule has 2 fully saturated rings. The molecule has 3 atom stereocenters. The molecule has 1 saturated carbocycles. The molecule has 3 unspecified atom stereocenters. The van der Waals surface area contributed by atoms with Crippen LogP contribution in [0.4, 0.5) is 0 Å². The van der Waals surface area contributed by atoms with E-state index in [1.807, 2.05) is 0 Å². The SMILES string of the molecule is Cc1ccc(C(CN)N2CCOC3CCCC32)cc1. The number of ether oxygens (including phenoxy) is 1. The van der Waals surface area contributed by atoms with Gasteiger partial charge in [0.05, 0.1) is 12.7 Å². The zero-order valence-corrected chi connectivity index (χ0v) is 11.7. The van der Waals surface area contributed by atoms with Crippen molar-refractivity contribution in [2.75, 3.05) is 19.7 Å². The van der Waals surface area contributed by atoms with E-state index in [4.69, 9.17) is 10.5 Å². The summed E-state index contributed by atoms with van der Waals surface area (Å²) in [5, 5.41) is 0. The first kappa shape index (κ1) is 13.1. The quantitative estimate of drug-likeness (QED) is 0.906. The van der Waals surface area contributed by atoms with Gasteiger partial charge in [-0.15, -0.1) is 0 Å². The van der Waals surface area contributed by atoms with Gasteiger partial charge in [0, 0.05) is 25.2 Å². The number of hydrogen-bond donors (Lipinski definition) is 1. The summed E-state index contributed by atoms with van der Waals surface area (Å²) in [6.07, 6.45) is 4.20. The van der Waals surface area contributed by atoms with Crippen molar-refractivity contribution in [1.82, 2.24) is 4.90 Å². The molecule has 0 aromatic heterocycles. The average molecular weight is 260 g/mol. The summed E-state index contributed by atoms with van der Waals surface area (Å²) in [4.78, 5) is 2.59. The van der Waals surface area contributed by atoms with E-state index >= 15 is 0 Å². The molecule has 3 rings (SSSR count). The smallest absolute Gasteiger partial charge is 0.0731 e. The fourth-order valence-electron chi connectivity index (χ4n) is 3.59. The molecule has 0 amide bonds. The molecule has 0 spiro atoms. The van der Waals surface area contributed by atoms with E-state index in [-0.39, 0.29) is 0 Å². The van der Waals surface area contributed by atoms with Crippen molar-refractivity contribution < 1.29 is 4.74 Å². The monoisotopic (exact) mass is 260 g/mol. The molecule has 1 saturated heterocycles. The van der Waals surface area contributed by atoms with Gasteiger partial charge in [0.1, 0.15) is 0 Å². The molecule has 3 heteroatoms. The van der Waals surface area contributed by atoms with Gasteiger partial charge in [0.2, 0.25) is 0 Å². The first-order valence-corrected chi connectivity index (χ1v) is 7.43. The number of nitrogens with zero attached hydrogens (tertiary/aromatic N) is 1. The van der Waals surface area contributed by atoms with E-state index in [9.17, 15) is 0 Å². The summed E-state index contributed by atoms with van der Waals surface area (Å²) in [7, 11) is 0. The van der Waals surface area contributed by atoms with Crippen LogP contribution in [0, 0.1) is 6.92 Å². The van der Waals surface area contributed by atoms with Crippen molar-refractivity contribution in [3.63, 3.8) is 0 Å². The Hall–Kier alpha value is -0.900. The fraction of sp³-hybridized carbons (Fsp3) is 0.625. The highest BCUT2D eigenvalue weighted by Gasteiger charge is 2.39. The molecule has 1 heterocycles. The number of fused-ring (bicyclic) bond motifs is 1. The van der Waals surface area contributed by atoms with Crippen molar-refractivity contribution in [3.8, 4) is 0 Å². The van der Waals surface area contributed by atoms with Crippen LogP contribution in [0.2, 0.25) is 0 Å². The summed E-state index contributed by atoms with van der Waals surface area (Å²) in [6.45, 7) is 4.68. The number of rotatable bonds is 3. The Kier molecular flexibility index (Phi) is 3.87. The molecule has 0 bridgehead atoms. The van der Waals surface area contributed by atoms with E-state index in [0.29, 0.717) is 24.7 Å². The summed E-state index contributed by atoms with van der Waals surface area (Å²) >= 11 is 0. The Morgan fingerprint density at radius 1 is 1.32 bits per heavy atom. The van der Waals surface area contributed by atoms with Crippen LogP contribution < -0.4 is 5.73 Å². The van der Waals surface area contributed by atoms with Gasteiger partial charge in [-0.05, 0) is 31.7 Å². The first-order chi connectivity index (χ1) is 9.29. The maximum Gasteiger partial charge on any atom is 0.0731 e. The summed E-state index contributed by atoms with van der Waals surface area (Å²) in [6, 6.07) is 9.74. The Labute approximate surface area is 115 Å². The van der Waals surface area contributed by atoms with Crippen LogP contribution in [0.25, 0.3) is 0 Å². The lowest BCUT2D eigenvalue weighted by Gasteiger charge is -2.42. The number of nitrogens with two attached hydrogens (primary N) is 1. The summed E-state index contributed by atoms with van der Waals surface area (Å²) in [5.41, 5.74) is 8.73. The summed E-state index contributed by atoms with van der Waals surface area (Å²) < 4.78 is 5.90. The number of aryl methyl sites for hydroxylation is 1. The topological polar surface area (TPSA) is 38.5 Å². The van der Waals surface area contributed by atoms with Crippen LogP contribution >= 0.6 is 0 Å². The zero-order chi connectivity index (χ0) is 13.2. The number of morpholine rings is 1. The maximum absolute atomic E-state index is 6.07. The molecule has 1 aromatic carbocycles. The Bertz CT molecular complexity index is 417. The van der Waals surface area contributed by atoms with Gasteiger partial charge in [-0.2, -0.15) is 0 Å². The molecule has 1 aliphatic heterocycles. The third-order valence-electron chi connectivity index (χ3n) is 4.61. The van der Waals surface area contributed by atoms with E-state index in [0.717, 1.165) is 13.2 Å². The Morgan fingerprint density at radius 2 is 2.11 bits per heavy atom. The molecule has 19 heavy (non-hydrogen) atoms. The van der Waals surface area contributed by atoms with Crippen LogP contribution in [-0.4, -0.2) is 36.7 Å². The highest BCUT2D eigenvalue weighted by Crippen LogP contribution is 2.34. The highest BCUT2D eigenvalue weighted by atomic mass is 16.5. The van der Waals surface area contributed by atoms with Crippen molar-refractivity contribution in [2.45, 2.75) is 44.4 Å².